The number of carbonyl (C=O) groups excluding carboxylic acids is 1. The number of ketones is 1. The fraction of sp³-hybridized carbons (Fsp3) is 0.0833. The molecule has 0 saturated carbocycles. The predicted molar refractivity (Wildman–Crippen MR) is 67.1 cm³/mol. The lowest BCUT2D eigenvalue weighted by Gasteiger charge is -2.04. The van der Waals surface area contributed by atoms with Crippen LogP contribution in [0.1, 0.15) is 17.3 Å². The van der Waals surface area contributed by atoms with E-state index in [0.717, 1.165) is 0 Å². The van der Waals surface area contributed by atoms with E-state index >= 15 is 0 Å². The molecule has 0 amide bonds. The van der Waals surface area contributed by atoms with Gasteiger partial charge < -0.3 is 5.32 Å². The fourth-order valence-corrected chi connectivity index (χ4v) is 1.79. The molecule has 1 aromatic rings. The van der Waals surface area contributed by atoms with Crippen LogP contribution in [0.3, 0.4) is 0 Å². The number of carbonyl (C=O) groups is 1. The number of hydrogen-bond acceptors (Lipinski definition) is 4. The average Bonchev–Trinajstić information content (AvgIpc) is 2.30. The minimum Gasteiger partial charge on any atom is -0.360 e. The molecule has 1 aromatic carbocycles. The van der Waals surface area contributed by atoms with E-state index in [4.69, 9.17) is 10.5 Å². The SMILES string of the molecule is CC(=O)c1ccc(NC=C(C#N)C#N)cc1Br. The third kappa shape index (κ3) is 3.44. The van der Waals surface area contributed by atoms with Crippen molar-refractivity contribution in [1.82, 2.24) is 0 Å². The summed E-state index contributed by atoms with van der Waals surface area (Å²) in [6.07, 6.45) is 1.31. The van der Waals surface area contributed by atoms with Crippen LogP contribution in [0.15, 0.2) is 34.4 Å². The molecular weight excluding hydrogens is 282 g/mol. The zero-order chi connectivity index (χ0) is 12.8. The number of Topliss-reactive ketones (excluding diaryl/α,β-unsaturated/α-hetero) is 1. The van der Waals surface area contributed by atoms with Crippen molar-refractivity contribution in [3.05, 3.63) is 40.0 Å². The molecule has 1 N–H and O–H groups in total. The van der Waals surface area contributed by atoms with Crippen LogP contribution in [0, 0.1) is 22.7 Å². The lowest BCUT2D eigenvalue weighted by Crippen LogP contribution is -1.95. The van der Waals surface area contributed by atoms with Crippen molar-refractivity contribution in [2.45, 2.75) is 6.92 Å². The summed E-state index contributed by atoms with van der Waals surface area (Å²) in [5, 5.41) is 19.9. The van der Waals surface area contributed by atoms with Crippen molar-refractivity contribution in [1.29, 1.82) is 10.5 Å². The molecule has 5 heteroatoms. The molecule has 0 radical (unpaired) electrons. The first kappa shape index (κ1) is 13.0. The lowest BCUT2D eigenvalue weighted by atomic mass is 10.1. The predicted octanol–water partition coefficient (Wildman–Crippen LogP) is 2.99. The van der Waals surface area contributed by atoms with Crippen molar-refractivity contribution in [3.63, 3.8) is 0 Å². The molecule has 4 nitrogen and oxygen atoms in total. The van der Waals surface area contributed by atoms with Gasteiger partial charge in [0.2, 0.25) is 0 Å². The average molecular weight is 290 g/mol. The van der Waals surface area contributed by atoms with Crippen molar-refractivity contribution in [2.24, 2.45) is 0 Å². The Kier molecular flexibility index (Phi) is 4.45. The number of anilines is 1. The zero-order valence-corrected chi connectivity index (χ0v) is 10.6. The molecule has 84 valence electrons. The molecule has 0 atom stereocenters. The molecular formula is C12H8BrN3O. The van der Waals surface area contributed by atoms with E-state index in [9.17, 15) is 4.79 Å². The van der Waals surface area contributed by atoms with Crippen LogP contribution in [0.2, 0.25) is 0 Å². The Morgan fingerprint density at radius 1 is 1.41 bits per heavy atom. The van der Waals surface area contributed by atoms with Crippen LogP contribution in [0.5, 0.6) is 0 Å². The highest BCUT2D eigenvalue weighted by Gasteiger charge is 2.05. The summed E-state index contributed by atoms with van der Waals surface area (Å²) in [6.45, 7) is 1.48. The van der Waals surface area contributed by atoms with Crippen molar-refractivity contribution < 1.29 is 4.79 Å². The fourth-order valence-electron chi connectivity index (χ4n) is 1.14. The van der Waals surface area contributed by atoms with E-state index < -0.39 is 0 Å². The minimum absolute atomic E-state index is 0.0169. The highest BCUT2D eigenvalue weighted by molar-refractivity contribution is 9.10. The Morgan fingerprint density at radius 2 is 2.06 bits per heavy atom. The van der Waals surface area contributed by atoms with Gasteiger partial charge in [0.25, 0.3) is 0 Å². The van der Waals surface area contributed by atoms with E-state index in [1.807, 2.05) is 0 Å². The molecule has 1 rings (SSSR count). The van der Waals surface area contributed by atoms with E-state index in [1.165, 1.54) is 13.1 Å². The van der Waals surface area contributed by atoms with E-state index in [-0.39, 0.29) is 11.4 Å². The first-order chi connectivity index (χ1) is 8.08. The Bertz CT molecular complexity index is 548. The third-order valence-electron chi connectivity index (χ3n) is 1.97. The normalized spacial score (nSPS) is 8.71. The molecule has 0 aromatic heterocycles. The maximum Gasteiger partial charge on any atom is 0.160 e. The van der Waals surface area contributed by atoms with Gasteiger partial charge >= 0.3 is 0 Å². The Labute approximate surface area is 107 Å². The number of rotatable bonds is 3. The molecule has 0 heterocycles. The Balaban J connectivity index is 2.94. The standard InChI is InChI=1S/C12H8BrN3O/c1-8(17)11-3-2-10(4-12(11)13)16-7-9(5-14)6-15/h2-4,7,16H,1H3. The van der Waals surface area contributed by atoms with Gasteiger partial charge in [-0.3, -0.25) is 4.79 Å². The van der Waals surface area contributed by atoms with Crippen LogP contribution >= 0.6 is 15.9 Å². The maximum atomic E-state index is 11.2. The summed E-state index contributed by atoms with van der Waals surface area (Å²) in [7, 11) is 0. The first-order valence-electron chi connectivity index (χ1n) is 4.66. The smallest absolute Gasteiger partial charge is 0.160 e. The van der Waals surface area contributed by atoms with Crippen LogP contribution in [-0.2, 0) is 0 Å². The molecule has 17 heavy (non-hydrogen) atoms. The van der Waals surface area contributed by atoms with E-state index in [0.29, 0.717) is 15.7 Å². The zero-order valence-electron chi connectivity index (χ0n) is 8.99. The highest BCUT2D eigenvalue weighted by Crippen LogP contribution is 2.22. The van der Waals surface area contributed by atoms with Gasteiger partial charge in [0, 0.05) is 21.9 Å². The summed E-state index contributed by atoms with van der Waals surface area (Å²) >= 11 is 3.28. The monoisotopic (exact) mass is 289 g/mol. The van der Waals surface area contributed by atoms with Gasteiger partial charge in [0.15, 0.2) is 5.78 Å². The Morgan fingerprint density at radius 3 is 2.53 bits per heavy atom. The highest BCUT2D eigenvalue weighted by atomic mass is 79.9. The lowest BCUT2D eigenvalue weighted by molar-refractivity contribution is 0.101. The third-order valence-corrected chi connectivity index (χ3v) is 2.63. The molecule has 0 fully saturated rings. The van der Waals surface area contributed by atoms with Crippen molar-refractivity contribution in [3.8, 4) is 12.1 Å². The molecule has 0 aliphatic rings. The van der Waals surface area contributed by atoms with Gasteiger partial charge in [-0.05, 0) is 41.1 Å². The molecule has 0 saturated heterocycles. The molecule has 0 unspecified atom stereocenters. The van der Waals surface area contributed by atoms with Gasteiger partial charge in [0.05, 0.1) is 0 Å². The topological polar surface area (TPSA) is 76.7 Å². The van der Waals surface area contributed by atoms with Crippen LogP contribution in [0.25, 0.3) is 0 Å². The number of benzene rings is 1. The number of allylic oxidation sites excluding steroid dienone is 1. The van der Waals surface area contributed by atoms with Gasteiger partial charge in [-0.1, -0.05) is 0 Å². The minimum atomic E-state index is -0.0336. The molecule has 0 aliphatic heterocycles. The van der Waals surface area contributed by atoms with Gasteiger partial charge in [-0.15, -0.1) is 0 Å². The van der Waals surface area contributed by atoms with Gasteiger partial charge in [0.1, 0.15) is 17.7 Å². The summed E-state index contributed by atoms with van der Waals surface area (Å²) < 4.78 is 0.666. The summed E-state index contributed by atoms with van der Waals surface area (Å²) in [5.41, 5.74) is 1.25. The second kappa shape index (κ2) is 5.83. The van der Waals surface area contributed by atoms with Gasteiger partial charge in [-0.2, -0.15) is 10.5 Å². The van der Waals surface area contributed by atoms with Crippen LogP contribution in [-0.4, -0.2) is 5.78 Å². The summed E-state index contributed by atoms with van der Waals surface area (Å²) in [5.74, 6) is -0.0336. The number of halogens is 1. The molecule has 0 aliphatic carbocycles. The second-order valence-corrected chi connectivity index (χ2v) is 4.03. The molecule has 0 spiro atoms. The number of nitrogens with zero attached hydrogens (tertiary/aromatic N) is 2. The quantitative estimate of drug-likeness (QED) is 0.685. The van der Waals surface area contributed by atoms with Crippen molar-refractivity contribution >= 4 is 27.4 Å². The Hall–Kier alpha value is -2.11. The first-order valence-corrected chi connectivity index (χ1v) is 5.45. The number of hydrogen-bond donors (Lipinski definition) is 1. The van der Waals surface area contributed by atoms with Gasteiger partial charge in [-0.25, -0.2) is 0 Å². The molecule has 0 bridgehead atoms. The van der Waals surface area contributed by atoms with Crippen LogP contribution < -0.4 is 5.32 Å². The second-order valence-electron chi connectivity index (χ2n) is 3.18. The van der Waals surface area contributed by atoms with E-state index in [1.54, 1.807) is 30.3 Å². The summed E-state index contributed by atoms with van der Waals surface area (Å²) in [6, 6.07) is 8.55. The number of nitriles is 2. The largest absolute Gasteiger partial charge is 0.360 e. The number of nitrogens with one attached hydrogen (secondary N) is 1. The van der Waals surface area contributed by atoms with Crippen molar-refractivity contribution in [2.75, 3.05) is 5.32 Å². The summed E-state index contributed by atoms with van der Waals surface area (Å²) in [4.78, 5) is 11.2. The maximum absolute atomic E-state index is 11.2. The van der Waals surface area contributed by atoms with Crippen LogP contribution in [0.4, 0.5) is 5.69 Å². The van der Waals surface area contributed by atoms with E-state index in [2.05, 4.69) is 21.2 Å².